The third-order valence-corrected chi connectivity index (χ3v) is 6.75. The van der Waals surface area contributed by atoms with Crippen LogP contribution in [0.25, 0.3) is 0 Å². The number of carbonyl (C=O) groups excluding carboxylic acids is 2. The molecule has 0 fully saturated rings. The number of esters is 1. The molecule has 0 saturated heterocycles. The monoisotopic (exact) mass is 516 g/mol. The molecular formula is C21H22Cl2N2O7S. The van der Waals surface area contributed by atoms with Crippen molar-refractivity contribution < 1.29 is 32.2 Å². The number of anilines is 1. The highest BCUT2D eigenvalue weighted by atomic mass is 35.5. The fourth-order valence-electron chi connectivity index (χ4n) is 2.88. The highest BCUT2D eigenvalue weighted by Crippen LogP contribution is 2.32. The molecule has 1 heterocycles. The largest absolute Gasteiger partial charge is 0.486 e. The number of carbonyl (C=O) groups is 2. The normalized spacial score (nSPS) is 14.0. The molecule has 1 amide bonds. The number of sulfonamides is 1. The zero-order chi connectivity index (χ0) is 24.2. The SMILES string of the molecule is CC(C)[C@H](NS(=O)(=O)c1ccc2c(c1)OCCO2)C(=O)OCC(=O)Nc1ccc(Cl)c(Cl)c1. The van der Waals surface area contributed by atoms with E-state index in [2.05, 4.69) is 10.0 Å². The number of ether oxygens (including phenoxy) is 3. The predicted molar refractivity (Wildman–Crippen MR) is 122 cm³/mol. The fraction of sp³-hybridized carbons (Fsp3) is 0.333. The Hall–Kier alpha value is -2.53. The third-order valence-electron chi connectivity index (χ3n) is 4.58. The van der Waals surface area contributed by atoms with Gasteiger partial charge in [-0.2, -0.15) is 4.72 Å². The number of rotatable bonds is 8. The van der Waals surface area contributed by atoms with E-state index in [1.165, 1.54) is 36.4 Å². The van der Waals surface area contributed by atoms with Crippen LogP contribution in [0.4, 0.5) is 5.69 Å². The van der Waals surface area contributed by atoms with Gasteiger partial charge in [0, 0.05) is 11.8 Å². The summed E-state index contributed by atoms with van der Waals surface area (Å²) < 4.78 is 43.9. The number of benzene rings is 2. The zero-order valence-corrected chi connectivity index (χ0v) is 20.1. The molecule has 1 atom stereocenters. The summed E-state index contributed by atoms with van der Waals surface area (Å²) in [5, 5.41) is 3.09. The van der Waals surface area contributed by atoms with Crippen LogP contribution >= 0.6 is 23.2 Å². The fourth-order valence-corrected chi connectivity index (χ4v) is 4.53. The Balaban J connectivity index is 1.63. The molecule has 0 spiro atoms. The predicted octanol–water partition coefficient (Wildman–Crippen LogP) is 3.25. The van der Waals surface area contributed by atoms with E-state index in [1.54, 1.807) is 13.8 Å². The summed E-state index contributed by atoms with van der Waals surface area (Å²) in [6.45, 7) is 3.35. The Morgan fingerprint density at radius 2 is 1.73 bits per heavy atom. The van der Waals surface area contributed by atoms with E-state index in [9.17, 15) is 18.0 Å². The molecule has 2 aromatic carbocycles. The van der Waals surface area contributed by atoms with E-state index in [0.717, 1.165) is 0 Å². The lowest BCUT2D eigenvalue weighted by atomic mass is 10.1. The van der Waals surface area contributed by atoms with Gasteiger partial charge in [0.2, 0.25) is 10.0 Å². The molecule has 9 nitrogen and oxygen atoms in total. The smallest absolute Gasteiger partial charge is 0.324 e. The first-order chi connectivity index (χ1) is 15.6. The van der Waals surface area contributed by atoms with Crippen molar-refractivity contribution in [2.24, 2.45) is 5.92 Å². The molecule has 0 saturated carbocycles. The van der Waals surface area contributed by atoms with Gasteiger partial charge in [-0.25, -0.2) is 8.42 Å². The zero-order valence-electron chi connectivity index (χ0n) is 17.8. The first kappa shape index (κ1) is 25.1. The van der Waals surface area contributed by atoms with Crippen LogP contribution in [0.3, 0.4) is 0 Å². The van der Waals surface area contributed by atoms with E-state index in [4.69, 9.17) is 37.4 Å². The van der Waals surface area contributed by atoms with Crippen LogP contribution in [-0.4, -0.2) is 46.2 Å². The number of nitrogens with one attached hydrogen (secondary N) is 2. The van der Waals surface area contributed by atoms with Crippen molar-refractivity contribution in [2.45, 2.75) is 24.8 Å². The van der Waals surface area contributed by atoms with Gasteiger partial charge in [-0.3, -0.25) is 9.59 Å². The first-order valence-corrected chi connectivity index (χ1v) is 12.1. The molecule has 0 unspecified atom stereocenters. The van der Waals surface area contributed by atoms with E-state index < -0.39 is 40.5 Å². The van der Waals surface area contributed by atoms with Crippen LogP contribution in [-0.2, 0) is 24.3 Å². The maximum atomic E-state index is 12.9. The molecule has 0 bridgehead atoms. The summed E-state index contributed by atoms with van der Waals surface area (Å²) in [6.07, 6.45) is 0. The molecule has 0 aliphatic carbocycles. The van der Waals surface area contributed by atoms with Gasteiger partial charge in [-0.05, 0) is 36.2 Å². The van der Waals surface area contributed by atoms with E-state index in [1.807, 2.05) is 0 Å². The van der Waals surface area contributed by atoms with Crippen LogP contribution in [0.1, 0.15) is 13.8 Å². The number of amides is 1. The van der Waals surface area contributed by atoms with Gasteiger partial charge in [0.15, 0.2) is 18.1 Å². The molecular weight excluding hydrogens is 495 g/mol. The Morgan fingerprint density at radius 1 is 1.03 bits per heavy atom. The molecule has 12 heteroatoms. The van der Waals surface area contributed by atoms with Crippen molar-refractivity contribution >= 4 is 50.8 Å². The van der Waals surface area contributed by atoms with Gasteiger partial charge < -0.3 is 19.5 Å². The minimum Gasteiger partial charge on any atom is -0.486 e. The van der Waals surface area contributed by atoms with Crippen LogP contribution in [0.15, 0.2) is 41.3 Å². The lowest BCUT2D eigenvalue weighted by Crippen LogP contribution is -2.45. The van der Waals surface area contributed by atoms with E-state index in [0.29, 0.717) is 35.4 Å². The minimum atomic E-state index is -4.09. The first-order valence-electron chi connectivity index (χ1n) is 9.90. The van der Waals surface area contributed by atoms with Gasteiger partial charge in [-0.15, -0.1) is 0 Å². The number of hydrogen-bond acceptors (Lipinski definition) is 7. The van der Waals surface area contributed by atoms with Gasteiger partial charge in [0.05, 0.1) is 14.9 Å². The van der Waals surface area contributed by atoms with Crippen molar-refractivity contribution in [1.29, 1.82) is 0 Å². The quantitative estimate of drug-likeness (QED) is 0.516. The van der Waals surface area contributed by atoms with Crippen LogP contribution < -0.4 is 19.5 Å². The summed E-state index contributed by atoms with van der Waals surface area (Å²) in [7, 11) is -4.09. The second-order valence-corrected chi connectivity index (χ2v) is 9.96. The summed E-state index contributed by atoms with van der Waals surface area (Å²) in [4.78, 5) is 24.6. The molecule has 0 radical (unpaired) electrons. The maximum Gasteiger partial charge on any atom is 0.324 e. The van der Waals surface area contributed by atoms with Gasteiger partial charge >= 0.3 is 5.97 Å². The van der Waals surface area contributed by atoms with Crippen LogP contribution in [0.5, 0.6) is 11.5 Å². The van der Waals surface area contributed by atoms with Crippen molar-refractivity contribution in [1.82, 2.24) is 4.72 Å². The summed E-state index contributed by atoms with van der Waals surface area (Å²) in [6, 6.07) is 7.43. The molecule has 1 aliphatic rings. The molecule has 2 N–H and O–H groups in total. The van der Waals surface area contributed by atoms with Gasteiger partial charge in [-0.1, -0.05) is 37.0 Å². The Labute approximate surface area is 201 Å². The summed E-state index contributed by atoms with van der Waals surface area (Å²) in [5.74, 6) is -1.24. The van der Waals surface area contributed by atoms with E-state index in [-0.39, 0.29) is 9.92 Å². The molecule has 0 aromatic heterocycles. The average molecular weight is 517 g/mol. The molecule has 178 valence electrons. The van der Waals surface area contributed by atoms with Crippen molar-refractivity contribution in [3.8, 4) is 11.5 Å². The standard InChI is InChI=1S/C21H22Cl2N2O7S/c1-12(2)20(21(27)32-11-19(26)24-13-3-5-15(22)16(23)9-13)25-33(28,29)14-4-6-17-18(10-14)31-8-7-30-17/h3-6,9-10,12,20,25H,7-8,11H2,1-2H3,(H,24,26)/t20-/m0/s1. The number of hydrogen-bond donors (Lipinski definition) is 2. The van der Waals surface area contributed by atoms with Gasteiger partial charge in [0.25, 0.3) is 5.91 Å². The average Bonchev–Trinajstić information content (AvgIpc) is 2.78. The van der Waals surface area contributed by atoms with Crippen molar-refractivity contribution in [3.05, 3.63) is 46.4 Å². The number of halogens is 2. The van der Waals surface area contributed by atoms with Crippen LogP contribution in [0, 0.1) is 5.92 Å². The highest BCUT2D eigenvalue weighted by Gasteiger charge is 2.31. The summed E-state index contributed by atoms with van der Waals surface area (Å²) in [5.41, 5.74) is 0.366. The number of fused-ring (bicyclic) bond motifs is 1. The third kappa shape index (κ3) is 6.50. The van der Waals surface area contributed by atoms with E-state index >= 15 is 0 Å². The van der Waals surface area contributed by atoms with Gasteiger partial charge in [0.1, 0.15) is 19.3 Å². The Morgan fingerprint density at radius 3 is 2.39 bits per heavy atom. The molecule has 3 rings (SSSR count). The maximum absolute atomic E-state index is 12.9. The van der Waals surface area contributed by atoms with Crippen LogP contribution in [0.2, 0.25) is 10.0 Å². The highest BCUT2D eigenvalue weighted by molar-refractivity contribution is 7.89. The lowest BCUT2D eigenvalue weighted by molar-refractivity contribution is -0.150. The summed E-state index contributed by atoms with van der Waals surface area (Å²) >= 11 is 11.7. The molecule has 1 aliphatic heterocycles. The second kappa shape index (κ2) is 10.6. The van der Waals surface area contributed by atoms with Crippen molar-refractivity contribution in [3.63, 3.8) is 0 Å². The lowest BCUT2D eigenvalue weighted by Gasteiger charge is -2.22. The Bertz CT molecular complexity index is 1160. The molecule has 2 aromatic rings. The van der Waals surface area contributed by atoms with Crippen molar-refractivity contribution in [2.75, 3.05) is 25.1 Å². The topological polar surface area (TPSA) is 120 Å². The minimum absolute atomic E-state index is 0.0949. The second-order valence-electron chi connectivity index (χ2n) is 7.43. The Kier molecular flexibility index (Phi) is 8.06. The molecule has 33 heavy (non-hydrogen) atoms.